The van der Waals surface area contributed by atoms with Crippen molar-refractivity contribution in [1.82, 2.24) is 0 Å². The van der Waals surface area contributed by atoms with Gasteiger partial charge in [0, 0.05) is 16.3 Å². The third-order valence-electron chi connectivity index (χ3n) is 2.42. The number of rotatable bonds is 4. The Labute approximate surface area is 106 Å². The molecule has 2 N–H and O–H groups in total. The van der Waals surface area contributed by atoms with Crippen molar-refractivity contribution in [2.75, 3.05) is 12.8 Å². The molecule has 88 valence electrons. The van der Waals surface area contributed by atoms with E-state index < -0.39 is 0 Å². The molecule has 0 bridgehead atoms. The van der Waals surface area contributed by atoms with Crippen molar-refractivity contribution >= 4 is 17.4 Å². The van der Waals surface area contributed by atoms with Gasteiger partial charge in [-0.3, -0.25) is 0 Å². The summed E-state index contributed by atoms with van der Waals surface area (Å²) in [5.41, 5.74) is 7.82. The van der Waals surface area contributed by atoms with E-state index in [-0.39, 0.29) is 0 Å². The number of anilines is 1. The van der Waals surface area contributed by atoms with Crippen LogP contribution in [0.2, 0.25) is 0 Å². The van der Waals surface area contributed by atoms with E-state index in [4.69, 9.17) is 10.5 Å². The molecule has 0 spiro atoms. The molecule has 0 unspecified atom stereocenters. The fourth-order valence-electron chi connectivity index (χ4n) is 1.49. The van der Waals surface area contributed by atoms with Crippen molar-refractivity contribution in [2.24, 2.45) is 0 Å². The van der Waals surface area contributed by atoms with Crippen LogP contribution in [0.25, 0.3) is 0 Å². The summed E-state index contributed by atoms with van der Waals surface area (Å²) in [6.07, 6.45) is 0. The van der Waals surface area contributed by atoms with E-state index in [9.17, 15) is 0 Å². The largest absolute Gasteiger partial charge is 0.497 e. The van der Waals surface area contributed by atoms with Crippen LogP contribution in [0.3, 0.4) is 0 Å². The molecule has 0 atom stereocenters. The average Bonchev–Trinajstić information content (AvgIpc) is 2.37. The number of nitrogens with two attached hydrogens (primary N) is 1. The van der Waals surface area contributed by atoms with Gasteiger partial charge in [-0.2, -0.15) is 0 Å². The molecule has 0 aliphatic heterocycles. The Morgan fingerprint density at radius 3 is 2.53 bits per heavy atom. The number of thioether (sulfide) groups is 1. The van der Waals surface area contributed by atoms with Crippen molar-refractivity contribution in [3.8, 4) is 5.75 Å². The highest BCUT2D eigenvalue weighted by Crippen LogP contribution is 2.25. The standard InChI is InChI=1S/C14H15NOS/c1-16-13-7-5-11(6-8-13)10-17-14-4-2-3-12(15)9-14/h2-9H,10,15H2,1H3. The summed E-state index contributed by atoms with van der Waals surface area (Å²) >= 11 is 1.78. The second kappa shape index (κ2) is 5.64. The number of ether oxygens (including phenoxy) is 1. The predicted octanol–water partition coefficient (Wildman–Crippen LogP) is 3.57. The van der Waals surface area contributed by atoms with Crippen LogP contribution >= 0.6 is 11.8 Å². The van der Waals surface area contributed by atoms with Gasteiger partial charge in [-0.05, 0) is 35.9 Å². The molecule has 0 saturated carbocycles. The molecule has 2 rings (SSSR count). The molecule has 0 amide bonds. The van der Waals surface area contributed by atoms with E-state index in [0.29, 0.717) is 0 Å². The molecule has 0 saturated heterocycles. The van der Waals surface area contributed by atoms with Crippen LogP contribution < -0.4 is 10.5 Å². The molecule has 0 aromatic heterocycles. The minimum absolute atomic E-state index is 0.810. The molecule has 0 fully saturated rings. The van der Waals surface area contributed by atoms with Crippen molar-refractivity contribution in [3.05, 3.63) is 54.1 Å². The molecule has 0 aliphatic carbocycles. The second-order valence-electron chi connectivity index (χ2n) is 3.71. The summed E-state index contributed by atoms with van der Waals surface area (Å²) in [4.78, 5) is 1.20. The molecule has 3 heteroatoms. The molecular weight excluding hydrogens is 230 g/mol. The Kier molecular flexibility index (Phi) is 3.94. The first kappa shape index (κ1) is 11.9. The molecule has 0 radical (unpaired) electrons. The zero-order chi connectivity index (χ0) is 12.1. The number of hydrogen-bond donors (Lipinski definition) is 1. The summed E-state index contributed by atoms with van der Waals surface area (Å²) in [5, 5.41) is 0. The topological polar surface area (TPSA) is 35.2 Å². The predicted molar refractivity (Wildman–Crippen MR) is 73.4 cm³/mol. The van der Waals surface area contributed by atoms with Gasteiger partial charge in [-0.1, -0.05) is 18.2 Å². The summed E-state index contributed by atoms with van der Waals surface area (Å²) in [6, 6.07) is 16.1. The summed E-state index contributed by atoms with van der Waals surface area (Å²) < 4.78 is 5.12. The van der Waals surface area contributed by atoms with Crippen LogP contribution in [0.5, 0.6) is 5.75 Å². The zero-order valence-electron chi connectivity index (χ0n) is 9.72. The van der Waals surface area contributed by atoms with Crippen molar-refractivity contribution in [1.29, 1.82) is 0 Å². The lowest BCUT2D eigenvalue weighted by Crippen LogP contribution is -1.86. The minimum Gasteiger partial charge on any atom is -0.497 e. The molecule has 2 nitrogen and oxygen atoms in total. The van der Waals surface area contributed by atoms with E-state index in [1.807, 2.05) is 30.3 Å². The Morgan fingerprint density at radius 1 is 1.12 bits per heavy atom. The smallest absolute Gasteiger partial charge is 0.118 e. The quantitative estimate of drug-likeness (QED) is 0.660. The summed E-state index contributed by atoms with van der Waals surface area (Å²) in [7, 11) is 1.68. The number of hydrogen-bond acceptors (Lipinski definition) is 3. The van der Waals surface area contributed by atoms with Crippen molar-refractivity contribution < 1.29 is 4.74 Å². The summed E-state index contributed by atoms with van der Waals surface area (Å²) in [5.74, 6) is 1.83. The first-order valence-electron chi connectivity index (χ1n) is 5.39. The lowest BCUT2D eigenvalue weighted by Gasteiger charge is -2.04. The van der Waals surface area contributed by atoms with Gasteiger partial charge in [0.25, 0.3) is 0 Å². The molecule has 2 aromatic carbocycles. The molecular formula is C14H15NOS. The van der Waals surface area contributed by atoms with Crippen LogP contribution in [-0.2, 0) is 5.75 Å². The fourth-order valence-corrected chi connectivity index (χ4v) is 2.41. The van der Waals surface area contributed by atoms with Gasteiger partial charge in [0.15, 0.2) is 0 Å². The Hall–Kier alpha value is -1.61. The molecule has 2 aromatic rings. The number of methoxy groups -OCH3 is 1. The highest BCUT2D eigenvalue weighted by atomic mass is 32.2. The average molecular weight is 245 g/mol. The fraction of sp³-hybridized carbons (Fsp3) is 0.143. The van der Waals surface area contributed by atoms with Crippen LogP contribution in [0.1, 0.15) is 5.56 Å². The van der Waals surface area contributed by atoms with Gasteiger partial charge in [-0.25, -0.2) is 0 Å². The maximum absolute atomic E-state index is 5.74. The Bertz CT molecular complexity index is 482. The van der Waals surface area contributed by atoms with Crippen LogP contribution in [0, 0.1) is 0 Å². The highest BCUT2D eigenvalue weighted by Gasteiger charge is 1.97. The monoisotopic (exact) mass is 245 g/mol. The minimum atomic E-state index is 0.810. The van der Waals surface area contributed by atoms with Gasteiger partial charge in [0.2, 0.25) is 0 Å². The first-order chi connectivity index (χ1) is 8.28. The van der Waals surface area contributed by atoms with Crippen LogP contribution in [-0.4, -0.2) is 7.11 Å². The van der Waals surface area contributed by atoms with Crippen LogP contribution in [0.4, 0.5) is 5.69 Å². The lowest BCUT2D eigenvalue weighted by atomic mass is 10.2. The Morgan fingerprint density at radius 2 is 1.88 bits per heavy atom. The zero-order valence-corrected chi connectivity index (χ0v) is 10.5. The SMILES string of the molecule is COc1ccc(CSc2cccc(N)c2)cc1. The third-order valence-corrected chi connectivity index (χ3v) is 3.49. The van der Waals surface area contributed by atoms with E-state index >= 15 is 0 Å². The Balaban J connectivity index is 1.97. The van der Waals surface area contributed by atoms with Gasteiger partial charge in [0.05, 0.1) is 7.11 Å². The molecule has 0 aliphatic rings. The maximum atomic E-state index is 5.74. The first-order valence-corrected chi connectivity index (χ1v) is 6.38. The molecule has 17 heavy (non-hydrogen) atoms. The maximum Gasteiger partial charge on any atom is 0.118 e. The van der Waals surface area contributed by atoms with Gasteiger partial charge in [-0.15, -0.1) is 11.8 Å². The van der Waals surface area contributed by atoms with Crippen LogP contribution in [0.15, 0.2) is 53.4 Å². The van der Waals surface area contributed by atoms with E-state index in [1.54, 1.807) is 18.9 Å². The molecule has 0 heterocycles. The number of nitrogen functional groups attached to an aromatic ring is 1. The normalized spacial score (nSPS) is 10.2. The van der Waals surface area contributed by atoms with E-state index in [0.717, 1.165) is 17.2 Å². The highest BCUT2D eigenvalue weighted by molar-refractivity contribution is 7.98. The van der Waals surface area contributed by atoms with Gasteiger partial charge >= 0.3 is 0 Å². The second-order valence-corrected chi connectivity index (χ2v) is 4.76. The third kappa shape index (κ3) is 3.43. The summed E-state index contributed by atoms with van der Waals surface area (Å²) in [6.45, 7) is 0. The van der Waals surface area contributed by atoms with Gasteiger partial charge in [0.1, 0.15) is 5.75 Å². The number of benzene rings is 2. The van der Waals surface area contributed by atoms with Crippen molar-refractivity contribution in [3.63, 3.8) is 0 Å². The van der Waals surface area contributed by atoms with E-state index in [2.05, 4.69) is 18.2 Å². The van der Waals surface area contributed by atoms with Crippen molar-refractivity contribution in [2.45, 2.75) is 10.6 Å². The van der Waals surface area contributed by atoms with E-state index in [1.165, 1.54) is 10.5 Å². The van der Waals surface area contributed by atoms with Gasteiger partial charge < -0.3 is 10.5 Å². The lowest BCUT2D eigenvalue weighted by molar-refractivity contribution is 0.414.